The first-order valence-corrected chi connectivity index (χ1v) is 4.01. The molecule has 0 heterocycles. The highest BCUT2D eigenvalue weighted by Gasteiger charge is 1.96. The van der Waals surface area contributed by atoms with Crippen molar-refractivity contribution in [3.63, 3.8) is 0 Å². The van der Waals surface area contributed by atoms with Gasteiger partial charge in [-0.05, 0) is 18.9 Å². The molecule has 4 nitrogen and oxygen atoms in total. The van der Waals surface area contributed by atoms with Crippen molar-refractivity contribution < 1.29 is 9.92 Å². The second-order valence-corrected chi connectivity index (χ2v) is 2.80. The molecule has 1 rings (SSSR count). The zero-order valence-corrected chi connectivity index (χ0v) is 7.40. The maximum absolute atomic E-state index is 9.84. The van der Waals surface area contributed by atoms with Crippen molar-refractivity contribution in [2.45, 2.75) is 13.3 Å². The third-order valence-electron chi connectivity index (χ3n) is 1.67. The van der Waals surface area contributed by atoms with Crippen molar-refractivity contribution in [1.82, 2.24) is 0 Å². The molecule has 0 saturated heterocycles. The molecule has 1 aromatic carbocycles. The number of nitrogens with zero attached hydrogens (tertiary/aromatic N) is 1. The minimum Gasteiger partial charge on any atom is -0.314 e. The Balaban J connectivity index is 2.41. The lowest BCUT2D eigenvalue weighted by atomic mass is 10.1. The van der Waals surface area contributed by atoms with Crippen LogP contribution < -0.4 is 0 Å². The van der Waals surface area contributed by atoms with Gasteiger partial charge in [-0.2, -0.15) is 0 Å². The fourth-order valence-electron chi connectivity index (χ4n) is 1.11. The van der Waals surface area contributed by atoms with Gasteiger partial charge in [0.25, 0.3) is 5.09 Å². The van der Waals surface area contributed by atoms with E-state index in [4.69, 9.17) is 0 Å². The van der Waals surface area contributed by atoms with E-state index in [9.17, 15) is 10.1 Å². The van der Waals surface area contributed by atoms with Gasteiger partial charge in [0.2, 0.25) is 0 Å². The van der Waals surface area contributed by atoms with Gasteiger partial charge in [-0.3, -0.25) is 0 Å². The summed E-state index contributed by atoms with van der Waals surface area (Å²) in [5, 5.41) is 9.07. The molecule has 13 heavy (non-hydrogen) atoms. The summed E-state index contributed by atoms with van der Waals surface area (Å²) in [4.78, 5) is 14.0. The van der Waals surface area contributed by atoms with Crippen molar-refractivity contribution in [2.75, 3.05) is 6.61 Å². The van der Waals surface area contributed by atoms with Crippen LogP contribution in [0.5, 0.6) is 0 Å². The minimum atomic E-state index is -0.768. The standard InChI is InChI=1S/C9H11NO3/c1-8-3-2-4-9(7-8)5-6-13-10(11)12/h2-4,7H,5-6H2,1H3. The molecule has 0 aliphatic heterocycles. The Morgan fingerprint density at radius 1 is 1.54 bits per heavy atom. The van der Waals surface area contributed by atoms with E-state index >= 15 is 0 Å². The highest BCUT2D eigenvalue weighted by atomic mass is 16.9. The van der Waals surface area contributed by atoms with Crippen LogP contribution in [-0.4, -0.2) is 11.7 Å². The second-order valence-electron chi connectivity index (χ2n) is 2.80. The molecule has 0 aliphatic carbocycles. The second kappa shape index (κ2) is 4.45. The van der Waals surface area contributed by atoms with E-state index in [1.54, 1.807) is 0 Å². The Bertz CT molecular complexity index is 299. The summed E-state index contributed by atoms with van der Waals surface area (Å²) in [6.45, 7) is 2.11. The first kappa shape index (κ1) is 9.51. The van der Waals surface area contributed by atoms with Gasteiger partial charge in [-0.15, -0.1) is 10.1 Å². The lowest BCUT2D eigenvalue weighted by molar-refractivity contribution is -0.757. The highest BCUT2D eigenvalue weighted by molar-refractivity contribution is 5.22. The van der Waals surface area contributed by atoms with Crippen molar-refractivity contribution in [3.8, 4) is 0 Å². The third kappa shape index (κ3) is 3.55. The van der Waals surface area contributed by atoms with Gasteiger partial charge in [-0.25, -0.2) is 0 Å². The summed E-state index contributed by atoms with van der Waals surface area (Å²) in [6, 6.07) is 7.83. The van der Waals surface area contributed by atoms with Crippen molar-refractivity contribution in [2.24, 2.45) is 0 Å². The maximum Gasteiger partial charge on any atom is 0.294 e. The Hall–Kier alpha value is -1.58. The van der Waals surface area contributed by atoms with Crippen molar-refractivity contribution in [3.05, 3.63) is 45.5 Å². The molecular formula is C9H11NO3. The first-order chi connectivity index (χ1) is 6.18. The Morgan fingerprint density at radius 2 is 2.31 bits per heavy atom. The van der Waals surface area contributed by atoms with Crippen LogP contribution >= 0.6 is 0 Å². The fourth-order valence-corrected chi connectivity index (χ4v) is 1.11. The zero-order valence-electron chi connectivity index (χ0n) is 7.40. The molecule has 0 radical (unpaired) electrons. The van der Waals surface area contributed by atoms with Crippen LogP contribution in [-0.2, 0) is 11.3 Å². The van der Waals surface area contributed by atoms with Crippen LogP contribution in [0, 0.1) is 17.0 Å². The maximum atomic E-state index is 9.84. The summed E-state index contributed by atoms with van der Waals surface area (Å²) in [5.74, 6) is 0. The van der Waals surface area contributed by atoms with Gasteiger partial charge in [-0.1, -0.05) is 29.8 Å². The number of aryl methyl sites for hydroxylation is 1. The molecular weight excluding hydrogens is 170 g/mol. The summed E-state index contributed by atoms with van der Waals surface area (Å²) in [7, 11) is 0. The Morgan fingerprint density at radius 3 is 2.92 bits per heavy atom. The largest absolute Gasteiger partial charge is 0.314 e. The molecule has 0 aromatic heterocycles. The first-order valence-electron chi connectivity index (χ1n) is 4.01. The molecule has 4 heteroatoms. The average molecular weight is 181 g/mol. The van der Waals surface area contributed by atoms with Crippen molar-refractivity contribution >= 4 is 0 Å². The predicted molar refractivity (Wildman–Crippen MR) is 47.8 cm³/mol. The van der Waals surface area contributed by atoms with Crippen LogP contribution in [0.3, 0.4) is 0 Å². The van der Waals surface area contributed by atoms with Gasteiger partial charge >= 0.3 is 0 Å². The fraction of sp³-hybridized carbons (Fsp3) is 0.333. The number of hydrogen-bond acceptors (Lipinski definition) is 3. The predicted octanol–water partition coefficient (Wildman–Crippen LogP) is 1.75. The number of rotatable bonds is 4. The van der Waals surface area contributed by atoms with Crippen LogP contribution in [0.2, 0.25) is 0 Å². The molecule has 70 valence electrons. The van der Waals surface area contributed by atoms with E-state index in [0.29, 0.717) is 6.42 Å². The molecule has 0 saturated carbocycles. The molecule has 1 aromatic rings. The van der Waals surface area contributed by atoms with Gasteiger partial charge in [0.1, 0.15) is 6.61 Å². The monoisotopic (exact) mass is 181 g/mol. The van der Waals surface area contributed by atoms with Crippen LogP contribution in [0.4, 0.5) is 0 Å². The van der Waals surface area contributed by atoms with E-state index in [1.165, 1.54) is 0 Å². The molecule has 0 unspecified atom stereocenters. The van der Waals surface area contributed by atoms with Gasteiger partial charge in [0, 0.05) is 0 Å². The normalized spacial score (nSPS) is 9.62. The molecule has 0 bridgehead atoms. The molecule has 0 N–H and O–H groups in total. The lowest BCUT2D eigenvalue weighted by Crippen LogP contribution is -2.04. The van der Waals surface area contributed by atoms with Crippen LogP contribution in [0.25, 0.3) is 0 Å². The minimum absolute atomic E-state index is 0.121. The summed E-state index contributed by atoms with van der Waals surface area (Å²) >= 11 is 0. The SMILES string of the molecule is Cc1cccc(CCO[N+](=O)[O-])c1. The van der Waals surface area contributed by atoms with Gasteiger partial charge < -0.3 is 4.84 Å². The number of hydrogen-bond donors (Lipinski definition) is 0. The third-order valence-corrected chi connectivity index (χ3v) is 1.67. The van der Waals surface area contributed by atoms with E-state index in [-0.39, 0.29) is 6.61 Å². The zero-order chi connectivity index (χ0) is 9.68. The Kier molecular flexibility index (Phi) is 3.25. The van der Waals surface area contributed by atoms with E-state index in [1.807, 2.05) is 31.2 Å². The quantitative estimate of drug-likeness (QED) is 0.525. The molecule has 0 amide bonds. The van der Waals surface area contributed by atoms with Crippen molar-refractivity contribution in [1.29, 1.82) is 0 Å². The topological polar surface area (TPSA) is 52.4 Å². The average Bonchev–Trinajstić information content (AvgIpc) is 2.03. The smallest absolute Gasteiger partial charge is 0.294 e. The van der Waals surface area contributed by atoms with Crippen LogP contribution in [0.1, 0.15) is 11.1 Å². The highest BCUT2D eigenvalue weighted by Crippen LogP contribution is 2.04. The van der Waals surface area contributed by atoms with Gasteiger partial charge in [0.05, 0.1) is 0 Å². The summed E-state index contributed by atoms with van der Waals surface area (Å²) < 4.78 is 0. The molecule has 0 atom stereocenters. The summed E-state index contributed by atoms with van der Waals surface area (Å²) in [5.41, 5.74) is 2.21. The Labute approximate surface area is 76.2 Å². The van der Waals surface area contributed by atoms with E-state index in [2.05, 4.69) is 4.84 Å². The molecule has 0 spiro atoms. The lowest BCUT2D eigenvalue weighted by Gasteiger charge is -2.00. The van der Waals surface area contributed by atoms with Gasteiger partial charge in [0.15, 0.2) is 0 Å². The summed E-state index contributed by atoms with van der Waals surface area (Å²) in [6.07, 6.45) is 0.572. The van der Waals surface area contributed by atoms with E-state index < -0.39 is 5.09 Å². The van der Waals surface area contributed by atoms with Crippen LogP contribution in [0.15, 0.2) is 24.3 Å². The molecule has 0 aliphatic rings. The number of benzene rings is 1. The van der Waals surface area contributed by atoms with E-state index in [0.717, 1.165) is 11.1 Å². The molecule has 0 fully saturated rings.